The number of imidazole rings is 1. The van der Waals surface area contributed by atoms with Gasteiger partial charge in [-0.3, -0.25) is 4.57 Å². The zero-order chi connectivity index (χ0) is 17.3. The van der Waals surface area contributed by atoms with Gasteiger partial charge in [0.05, 0.1) is 24.2 Å². The molecule has 4 rings (SSSR count). The molecule has 2 aliphatic heterocycles. The van der Waals surface area contributed by atoms with Crippen LogP contribution in [-0.4, -0.2) is 71.1 Å². The molecule has 0 spiro atoms. The molecular weight excluding hydrogens is 320 g/mol. The van der Waals surface area contributed by atoms with Crippen molar-refractivity contribution in [3.8, 4) is 0 Å². The van der Waals surface area contributed by atoms with Crippen LogP contribution in [0.15, 0.2) is 29.1 Å². The second kappa shape index (κ2) is 6.92. The second-order valence-electron chi connectivity index (χ2n) is 7.28. The molecule has 3 N–H and O–H groups in total. The van der Waals surface area contributed by atoms with Crippen molar-refractivity contribution < 1.29 is 9.84 Å². The number of hydrogen-bond donors (Lipinski definition) is 3. The Labute approximate surface area is 146 Å². The van der Waals surface area contributed by atoms with Gasteiger partial charge in [0.25, 0.3) is 0 Å². The van der Waals surface area contributed by atoms with E-state index in [1.54, 1.807) is 0 Å². The molecule has 136 valence electrons. The number of fused-ring (bicyclic) bond motifs is 1. The van der Waals surface area contributed by atoms with E-state index in [-0.39, 0.29) is 11.7 Å². The molecule has 1 aromatic heterocycles. The SMILES string of the molecule is O=c1[nH]c2ccccc2n1C1CCN(C[C@@]2(O)CNCCOC2)CC1. The van der Waals surface area contributed by atoms with Gasteiger partial charge in [0.2, 0.25) is 0 Å². The maximum absolute atomic E-state index is 12.4. The molecule has 0 unspecified atom stereocenters. The van der Waals surface area contributed by atoms with Crippen molar-refractivity contribution in [3.63, 3.8) is 0 Å². The van der Waals surface area contributed by atoms with Crippen LogP contribution in [0.3, 0.4) is 0 Å². The quantitative estimate of drug-likeness (QED) is 0.746. The molecule has 2 saturated heterocycles. The molecule has 7 heteroatoms. The number of benzene rings is 1. The predicted molar refractivity (Wildman–Crippen MR) is 95.9 cm³/mol. The van der Waals surface area contributed by atoms with Crippen LogP contribution in [0.1, 0.15) is 18.9 Å². The predicted octanol–water partition coefficient (Wildman–Crippen LogP) is 0.317. The van der Waals surface area contributed by atoms with Gasteiger partial charge in [0.15, 0.2) is 0 Å². The first-order valence-corrected chi connectivity index (χ1v) is 9.07. The summed E-state index contributed by atoms with van der Waals surface area (Å²) < 4.78 is 7.41. The zero-order valence-corrected chi connectivity index (χ0v) is 14.4. The van der Waals surface area contributed by atoms with Crippen LogP contribution in [0.25, 0.3) is 11.0 Å². The fourth-order valence-corrected chi connectivity index (χ4v) is 4.07. The van der Waals surface area contributed by atoms with E-state index in [1.807, 2.05) is 28.8 Å². The van der Waals surface area contributed by atoms with Gasteiger partial charge in [-0.2, -0.15) is 0 Å². The number of β-amino-alcohol motifs (C(OH)–C–C–N with tert-alkyl or cyclic N) is 1. The molecule has 0 aliphatic carbocycles. The smallest absolute Gasteiger partial charge is 0.326 e. The van der Waals surface area contributed by atoms with Gasteiger partial charge in [-0.05, 0) is 25.0 Å². The van der Waals surface area contributed by atoms with Crippen molar-refractivity contribution in [2.75, 3.05) is 45.9 Å². The number of aliphatic hydroxyl groups is 1. The molecule has 0 bridgehead atoms. The molecule has 2 aliphatic rings. The molecule has 2 fully saturated rings. The van der Waals surface area contributed by atoms with Gasteiger partial charge in [-0.25, -0.2) is 4.79 Å². The molecule has 2 aromatic rings. The van der Waals surface area contributed by atoms with Crippen LogP contribution >= 0.6 is 0 Å². The van der Waals surface area contributed by atoms with E-state index in [4.69, 9.17) is 4.74 Å². The fraction of sp³-hybridized carbons (Fsp3) is 0.611. The maximum atomic E-state index is 12.4. The third-order valence-electron chi connectivity index (χ3n) is 5.31. The molecular formula is C18H26N4O3. The molecule has 1 atom stereocenters. The maximum Gasteiger partial charge on any atom is 0.326 e. The zero-order valence-electron chi connectivity index (χ0n) is 14.4. The third kappa shape index (κ3) is 3.50. The van der Waals surface area contributed by atoms with Crippen LogP contribution in [-0.2, 0) is 4.74 Å². The lowest BCUT2D eigenvalue weighted by molar-refractivity contribution is -0.0530. The van der Waals surface area contributed by atoms with Gasteiger partial charge in [0, 0.05) is 38.8 Å². The number of rotatable bonds is 3. The highest BCUT2D eigenvalue weighted by molar-refractivity contribution is 5.75. The summed E-state index contributed by atoms with van der Waals surface area (Å²) in [6, 6.07) is 8.05. The first kappa shape index (κ1) is 16.8. The minimum Gasteiger partial charge on any atom is -0.385 e. The van der Waals surface area contributed by atoms with Gasteiger partial charge in [-0.15, -0.1) is 0 Å². The number of aromatic amines is 1. The van der Waals surface area contributed by atoms with E-state index < -0.39 is 5.60 Å². The van der Waals surface area contributed by atoms with Crippen molar-refractivity contribution >= 4 is 11.0 Å². The minimum atomic E-state index is -0.832. The van der Waals surface area contributed by atoms with Crippen LogP contribution in [0, 0.1) is 0 Å². The molecule has 25 heavy (non-hydrogen) atoms. The summed E-state index contributed by atoms with van der Waals surface area (Å²) in [5.41, 5.74) is 1.01. The number of aromatic nitrogens is 2. The van der Waals surface area contributed by atoms with Crippen molar-refractivity contribution in [1.82, 2.24) is 19.8 Å². The van der Waals surface area contributed by atoms with E-state index in [1.165, 1.54) is 0 Å². The van der Waals surface area contributed by atoms with Gasteiger partial charge >= 0.3 is 5.69 Å². The Bertz CT molecular complexity index is 768. The Balaban J connectivity index is 1.43. The summed E-state index contributed by atoms with van der Waals surface area (Å²) in [7, 11) is 0. The summed E-state index contributed by atoms with van der Waals surface area (Å²) in [4.78, 5) is 17.6. The minimum absolute atomic E-state index is 0.0281. The number of nitrogens with zero attached hydrogens (tertiary/aromatic N) is 2. The van der Waals surface area contributed by atoms with Crippen molar-refractivity contribution in [3.05, 3.63) is 34.7 Å². The lowest BCUT2D eigenvalue weighted by Crippen LogP contribution is -2.53. The van der Waals surface area contributed by atoms with E-state index in [0.717, 1.165) is 43.5 Å². The van der Waals surface area contributed by atoms with E-state index in [9.17, 15) is 9.90 Å². The van der Waals surface area contributed by atoms with Crippen LogP contribution in [0.5, 0.6) is 0 Å². The van der Waals surface area contributed by atoms with E-state index in [2.05, 4.69) is 15.2 Å². The number of piperidine rings is 1. The van der Waals surface area contributed by atoms with Gasteiger partial charge in [0.1, 0.15) is 5.60 Å². The lowest BCUT2D eigenvalue weighted by atomic mass is 10.00. The lowest BCUT2D eigenvalue weighted by Gasteiger charge is -2.37. The first-order valence-electron chi connectivity index (χ1n) is 9.07. The van der Waals surface area contributed by atoms with Gasteiger partial charge in [-0.1, -0.05) is 12.1 Å². The Morgan fingerprint density at radius 2 is 2.08 bits per heavy atom. The van der Waals surface area contributed by atoms with Gasteiger partial charge < -0.3 is 25.0 Å². The number of para-hydroxylation sites is 2. The van der Waals surface area contributed by atoms with Crippen LogP contribution in [0.2, 0.25) is 0 Å². The molecule has 7 nitrogen and oxygen atoms in total. The van der Waals surface area contributed by atoms with Crippen LogP contribution < -0.4 is 11.0 Å². The fourth-order valence-electron chi connectivity index (χ4n) is 4.07. The highest BCUT2D eigenvalue weighted by atomic mass is 16.5. The van der Waals surface area contributed by atoms with Crippen molar-refractivity contribution in [2.24, 2.45) is 0 Å². The van der Waals surface area contributed by atoms with Crippen LogP contribution in [0.4, 0.5) is 0 Å². The number of ether oxygens (including phenoxy) is 1. The number of nitrogens with one attached hydrogen (secondary N) is 2. The standard InChI is InChI=1S/C18H26N4O3/c23-17-20-15-3-1-2-4-16(15)22(17)14-5-8-21(9-6-14)12-18(24)11-19-7-10-25-13-18/h1-4,14,19,24H,5-13H2,(H,20,23)/t18-/m0/s1. The first-order chi connectivity index (χ1) is 12.1. The molecule has 0 radical (unpaired) electrons. The average molecular weight is 346 g/mol. The summed E-state index contributed by atoms with van der Waals surface area (Å²) in [5, 5.41) is 14.0. The van der Waals surface area contributed by atoms with E-state index in [0.29, 0.717) is 26.3 Å². The second-order valence-corrected chi connectivity index (χ2v) is 7.28. The highest BCUT2D eigenvalue weighted by Crippen LogP contribution is 2.25. The van der Waals surface area contributed by atoms with E-state index >= 15 is 0 Å². The molecule has 1 aromatic carbocycles. The Morgan fingerprint density at radius 1 is 1.28 bits per heavy atom. The summed E-state index contributed by atoms with van der Waals surface area (Å²) in [6.07, 6.45) is 1.82. The molecule has 3 heterocycles. The Kier molecular flexibility index (Phi) is 4.64. The monoisotopic (exact) mass is 346 g/mol. The van der Waals surface area contributed by atoms with Crippen molar-refractivity contribution in [1.29, 1.82) is 0 Å². The summed E-state index contributed by atoms with van der Waals surface area (Å²) >= 11 is 0. The largest absolute Gasteiger partial charge is 0.385 e. The Morgan fingerprint density at radius 3 is 2.92 bits per heavy atom. The highest BCUT2D eigenvalue weighted by Gasteiger charge is 2.33. The summed E-state index contributed by atoms with van der Waals surface area (Å²) in [6.45, 7) is 4.73. The normalized spacial score (nSPS) is 26.8. The summed E-state index contributed by atoms with van der Waals surface area (Å²) in [5.74, 6) is 0. The topological polar surface area (TPSA) is 82.5 Å². The number of H-pyrrole nitrogens is 1. The average Bonchev–Trinajstić information content (AvgIpc) is 2.79. The number of likely N-dealkylation sites (tertiary alicyclic amines) is 1. The van der Waals surface area contributed by atoms with Crippen molar-refractivity contribution in [2.45, 2.75) is 24.5 Å². The number of hydrogen-bond acceptors (Lipinski definition) is 5. The Hall–Kier alpha value is -1.67. The molecule has 0 amide bonds. The molecule has 0 saturated carbocycles. The third-order valence-corrected chi connectivity index (χ3v) is 5.31.